The van der Waals surface area contributed by atoms with Crippen LogP contribution in [0.15, 0.2) is 29.2 Å². The van der Waals surface area contributed by atoms with Gasteiger partial charge < -0.3 is 9.64 Å². The average Bonchev–Trinajstić information content (AvgIpc) is 2.72. The third-order valence-electron chi connectivity index (χ3n) is 5.70. The fraction of sp³-hybridized carbons (Fsp3) is 0.600. The maximum Gasteiger partial charge on any atom is 0.309 e. The van der Waals surface area contributed by atoms with Crippen molar-refractivity contribution in [3.63, 3.8) is 0 Å². The van der Waals surface area contributed by atoms with E-state index < -0.39 is 27.7 Å². The molecule has 160 valence electrons. The van der Waals surface area contributed by atoms with E-state index in [4.69, 9.17) is 4.74 Å². The summed E-state index contributed by atoms with van der Waals surface area (Å²) < 4.78 is 44.8. The van der Waals surface area contributed by atoms with E-state index in [1.165, 1.54) is 16.4 Å². The summed E-state index contributed by atoms with van der Waals surface area (Å²) >= 11 is 0. The van der Waals surface area contributed by atoms with Crippen molar-refractivity contribution in [3.05, 3.63) is 30.1 Å². The molecular formula is C20H27FN2O5S. The molecule has 9 heteroatoms. The molecular weight excluding hydrogens is 399 g/mol. The van der Waals surface area contributed by atoms with Crippen molar-refractivity contribution in [2.24, 2.45) is 5.92 Å². The summed E-state index contributed by atoms with van der Waals surface area (Å²) in [6.07, 6.45) is 3.68. The Bertz CT molecular complexity index is 835. The number of carbonyl (C=O) groups excluding carboxylic acids is 2. The first-order valence-corrected chi connectivity index (χ1v) is 11.4. The maximum atomic E-state index is 13.0. The molecule has 2 fully saturated rings. The van der Waals surface area contributed by atoms with E-state index in [-0.39, 0.29) is 36.5 Å². The van der Waals surface area contributed by atoms with E-state index in [9.17, 15) is 22.4 Å². The van der Waals surface area contributed by atoms with Gasteiger partial charge in [-0.2, -0.15) is 4.31 Å². The van der Waals surface area contributed by atoms with Crippen molar-refractivity contribution in [1.82, 2.24) is 9.21 Å². The second-order valence-corrected chi connectivity index (χ2v) is 9.61. The molecule has 7 nitrogen and oxygen atoms in total. The first kappa shape index (κ1) is 21.7. The van der Waals surface area contributed by atoms with E-state index in [0.717, 1.165) is 31.4 Å². The highest BCUT2D eigenvalue weighted by Gasteiger charge is 2.33. The number of esters is 1. The standard InChI is InChI=1S/C20H27FN2O5S/c1-15-4-2-3-11-23(15)19(24)14-28-20(25)16-9-12-22(13-10-16)29(26,27)18-7-5-17(21)6-8-18/h5-8,15-16H,2-4,9-14H2,1H3/t15-/m0/s1. The van der Waals surface area contributed by atoms with Crippen LogP contribution in [0.2, 0.25) is 0 Å². The lowest BCUT2D eigenvalue weighted by atomic mass is 9.98. The number of halogens is 1. The first-order chi connectivity index (χ1) is 13.8. The van der Waals surface area contributed by atoms with Crippen molar-refractivity contribution in [2.45, 2.75) is 50.0 Å². The Balaban J connectivity index is 1.49. The second-order valence-electron chi connectivity index (χ2n) is 7.67. The minimum absolute atomic E-state index is 0.0289. The molecule has 2 aliphatic rings. The zero-order valence-corrected chi connectivity index (χ0v) is 17.4. The molecule has 0 radical (unpaired) electrons. The van der Waals surface area contributed by atoms with Crippen LogP contribution in [0.4, 0.5) is 4.39 Å². The van der Waals surface area contributed by atoms with Crippen LogP contribution >= 0.6 is 0 Å². The Hall–Kier alpha value is -2.00. The molecule has 1 amide bonds. The molecule has 2 saturated heterocycles. The van der Waals surface area contributed by atoms with E-state index in [1.807, 2.05) is 6.92 Å². The summed E-state index contributed by atoms with van der Waals surface area (Å²) in [5.41, 5.74) is 0. The van der Waals surface area contributed by atoms with Gasteiger partial charge in [0.2, 0.25) is 10.0 Å². The van der Waals surface area contributed by atoms with Gasteiger partial charge in [-0.3, -0.25) is 9.59 Å². The number of likely N-dealkylation sites (tertiary alicyclic amines) is 1. The van der Waals surface area contributed by atoms with Gasteiger partial charge in [0.15, 0.2) is 6.61 Å². The highest BCUT2D eigenvalue weighted by Crippen LogP contribution is 2.25. The first-order valence-electron chi connectivity index (χ1n) is 10.0. The van der Waals surface area contributed by atoms with Crippen LogP contribution in [0.3, 0.4) is 0 Å². The second kappa shape index (κ2) is 9.21. The molecule has 1 atom stereocenters. The SMILES string of the molecule is C[C@H]1CCCCN1C(=O)COC(=O)C1CCN(S(=O)(=O)c2ccc(F)cc2)CC1. The van der Waals surface area contributed by atoms with E-state index in [1.54, 1.807) is 4.90 Å². The largest absolute Gasteiger partial charge is 0.455 e. The van der Waals surface area contributed by atoms with Gasteiger partial charge in [0.25, 0.3) is 5.91 Å². The van der Waals surface area contributed by atoms with Crippen molar-refractivity contribution < 1.29 is 27.1 Å². The van der Waals surface area contributed by atoms with Gasteiger partial charge in [-0.1, -0.05) is 0 Å². The summed E-state index contributed by atoms with van der Waals surface area (Å²) in [7, 11) is -3.72. The zero-order valence-electron chi connectivity index (χ0n) is 16.5. The van der Waals surface area contributed by atoms with Crippen LogP contribution in [0.1, 0.15) is 39.0 Å². The Kier molecular flexibility index (Phi) is 6.89. The predicted molar refractivity (Wildman–Crippen MR) is 104 cm³/mol. The molecule has 0 unspecified atom stereocenters. The van der Waals surface area contributed by atoms with Crippen LogP contribution in [-0.2, 0) is 24.3 Å². The molecule has 0 aromatic heterocycles. The number of benzene rings is 1. The smallest absolute Gasteiger partial charge is 0.309 e. The molecule has 2 aliphatic heterocycles. The highest BCUT2D eigenvalue weighted by atomic mass is 32.2. The number of piperidine rings is 2. The lowest BCUT2D eigenvalue weighted by Gasteiger charge is -2.33. The highest BCUT2D eigenvalue weighted by molar-refractivity contribution is 7.89. The third-order valence-corrected chi connectivity index (χ3v) is 7.61. The Labute approximate surface area is 170 Å². The van der Waals surface area contributed by atoms with Gasteiger partial charge in [-0.25, -0.2) is 12.8 Å². The lowest BCUT2D eigenvalue weighted by Crippen LogP contribution is -2.45. The predicted octanol–water partition coefficient (Wildman–Crippen LogP) is 2.17. The lowest BCUT2D eigenvalue weighted by molar-refractivity contribution is -0.157. The summed E-state index contributed by atoms with van der Waals surface area (Å²) in [6, 6.07) is 4.85. The van der Waals surface area contributed by atoms with Gasteiger partial charge in [0.1, 0.15) is 5.82 Å². The van der Waals surface area contributed by atoms with Crippen LogP contribution < -0.4 is 0 Å². The van der Waals surface area contributed by atoms with E-state index in [0.29, 0.717) is 19.4 Å². The number of carbonyl (C=O) groups is 2. The monoisotopic (exact) mass is 426 g/mol. The molecule has 1 aromatic carbocycles. The van der Waals surface area contributed by atoms with Gasteiger partial charge in [-0.15, -0.1) is 0 Å². The van der Waals surface area contributed by atoms with Crippen molar-refractivity contribution in [1.29, 1.82) is 0 Å². The van der Waals surface area contributed by atoms with E-state index in [2.05, 4.69) is 0 Å². The number of hydrogen-bond acceptors (Lipinski definition) is 5. The number of sulfonamides is 1. The normalized spacial score (nSPS) is 21.7. The molecule has 0 saturated carbocycles. The zero-order chi connectivity index (χ0) is 21.0. The van der Waals surface area contributed by atoms with Gasteiger partial charge in [0, 0.05) is 25.7 Å². The van der Waals surface area contributed by atoms with Crippen LogP contribution in [0.5, 0.6) is 0 Å². The average molecular weight is 427 g/mol. The quantitative estimate of drug-likeness (QED) is 0.674. The van der Waals surface area contributed by atoms with Crippen molar-refractivity contribution >= 4 is 21.9 Å². The molecule has 0 aliphatic carbocycles. The summed E-state index contributed by atoms with van der Waals surface area (Å²) in [5.74, 6) is -1.57. The Morgan fingerprint density at radius 2 is 1.72 bits per heavy atom. The third kappa shape index (κ3) is 5.14. The molecule has 2 heterocycles. The molecule has 0 spiro atoms. The fourth-order valence-electron chi connectivity index (χ4n) is 3.89. The summed E-state index contributed by atoms with van der Waals surface area (Å²) in [6.45, 7) is 2.78. The molecule has 0 bridgehead atoms. The topological polar surface area (TPSA) is 84.0 Å². The summed E-state index contributed by atoms with van der Waals surface area (Å²) in [4.78, 5) is 26.4. The number of rotatable bonds is 5. The molecule has 29 heavy (non-hydrogen) atoms. The minimum Gasteiger partial charge on any atom is -0.455 e. The van der Waals surface area contributed by atoms with Crippen molar-refractivity contribution in [3.8, 4) is 0 Å². The summed E-state index contributed by atoms with van der Waals surface area (Å²) in [5, 5.41) is 0. The molecule has 1 aromatic rings. The van der Waals surface area contributed by atoms with Gasteiger partial charge in [-0.05, 0) is 63.3 Å². The number of ether oxygens (including phenoxy) is 1. The molecule has 3 rings (SSSR count). The number of hydrogen-bond donors (Lipinski definition) is 0. The van der Waals surface area contributed by atoms with Crippen LogP contribution in [0.25, 0.3) is 0 Å². The number of amides is 1. The molecule has 0 N–H and O–H groups in total. The van der Waals surface area contributed by atoms with Gasteiger partial charge >= 0.3 is 5.97 Å². The van der Waals surface area contributed by atoms with E-state index >= 15 is 0 Å². The Morgan fingerprint density at radius 3 is 2.34 bits per heavy atom. The van der Waals surface area contributed by atoms with Crippen molar-refractivity contribution in [2.75, 3.05) is 26.2 Å². The Morgan fingerprint density at radius 1 is 1.07 bits per heavy atom. The van der Waals surface area contributed by atoms with Crippen LogP contribution in [-0.4, -0.2) is 61.8 Å². The maximum absolute atomic E-state index is 13.0. The van der Waals surface area contributed by atoms with Crippen LogP contribution in [0, 0.1) is 11.7 Å². The minimum atomic E-state index is -3.72. The number of nitrogens with zero attached hydrogens (tertiary/aromatic N) is 2. The van der Waals surface area contributed by atoms with Gasteiger partial charge in [0.05, 0.1) is 10.8 Å². The fourth-order valence-corrected chi connectivity index (χ4v) is 5.36.